The van der Waals surface area contributed by atoms with Crippen molar-refractivity contribution in [3.05, 3.63) is 45.4 Å². The first-order valence-electron chi connectivity index (χ1n) is 7.55. The molecule has 2 heterocycles. The predicted molar refractivity (Wildman–Crippen MR) is 101 cm³/mol. The normalized spacial score (nSPS) is 12.5. The largest absolute Gasteiger partial charge is 0.400 e. The number of halogens is 3. The molecule has 0 unspecified atom stereocenters. The summed E-state index contributed by atoms with van der Waals surface area (Å²) in [5.41, 5.74) is -4.12. The molecule has 27 heavy (non-hydrogen) atoms. The van der Waals surface area contributed by atoms with E-state index in [1.54, 1.807) is 10.7 Å². The van der Waals surface area contributed by atoms with Crippen molar-refractivity contribution in [1.82, 2.24) is 9.78 Å². The van der Waals surface area contributed by atoms with Crippen LogP contribution in [0, 0.1) is 0 Å². The first kappa shape index (κ1) is 20.1. The Morgan fingerprint density at radius 3 is 2.74 bits per heavy atom. The van der Waals surface area contributed by atoms with Crippen molar-refractivity contribution in [2.45, 2.75) is 19.1 Å². The van der Waals surface area contributed by atoms with Gasteiger partial charge < -0.3 is 15.1 Å². The van der Waals surface area contributed by atoms with Gasteiger partial charge in [-0.05, 0) is 41.1 Å². The maximum atomic E-state index is 14.1. The number of hydrogen-bond acceptors (Lipinski definition) is 4. The molecule has 0 aliphatic carbocycles. The Morgan fingerprint density at radius 1 is 1.41 bits per heavy atom. The number of aryl methyl sites for hydroxylation is 1. The summed E-state index contributed by atoms with van der Waals surface area (Å²) in [5, 5.41) is 6.98. The molecule has 3 rings (SSSR count). The summed E-state index contributed by atoms with van der Waals surface area (Å²) in [5.74, 6) is 0.0224. The van der Waals surface area contributed by atoms with Gasteiger partial charge in [0.15, 0.2) is 0 Å². The van der Waals surface area contributed by atoms with E-state index in [9.17, 15) is 18.1 Å². The number of aromatic nitrogens is 2. The lowest BCUT2D eigenvalue weighted by Crippen LogP contribution is -2.15. The molecule has 0 saturated heterocycles. The third-order valence-corrected chi connectivity index (χ3v) is 7.22. The Bertz CT molecular complexity index is 1080. The maximum Gasteiger partial charge on any atom is 0.400 e. The summed E-state index contributed by atoms with van der Waals surface area (Å²) in [4.78, 5) is 29.6. The molecule has 7 nitrogen and oxygen atoms in total. The van der Waals surface area contributed by atoms with Gasteiger partial charge in [0.1, 0.15) is 10.7 Å². The zero-order chi connectivity index (χ0) is 20.0. The fraction of sp³-hybridized carbons (Fsp3) is 0.200. The van der Waals surface area contributed by atoms with E-state index in [0.717, 1.165) is 0 Å². The minimum atomic E-state index is -5.69. The third kappa shape index (κ3) is 3.57. The van der Waals surface area contributed by atoms with Gasteiger partial charge in [-0.15, -0.1) is 11.3 Å². The number of rotatable bonds is 5. The molecular weight excluding hydrogens is 467 g/mol. The smallest absolute Gasteiger partial charge is 0.320 e. The van der Waals surface area contributed by atoms with Crippen LogP contribution in [0.1, 0.15) is 22.2 Å². The van der Waals surface area contributed by atoms with Crippen LogP contribution in [0.5, 0.6) is 0 Å². The number of anilines is 1. The second-order valence-electron chi connectivity index (χ2n) is 5.53. The lowest BCUT2D eigenvalue weighted by molar-refractivity contribution is 0.0595. The summed E-state index contributed by atoms with van der Waals surface area (Å²) in [6, 6.07) is 5.92. The van der Waals surface area contributed by atoms with Crippen LogP contribution in [0.4, 0.5) is 14.6 Å². The van der Waals surface area contributed by atoms with Crippen molar-refractivity contribution in [2.75, 3.05) is 5.32 Å². The van der Waals surface area contributed by atoms with Crippen molar-refractivity contribution in [2.24, 2.45) is 0 Å². The first-order chi connectivity index (χ1) is 12.6. The van der Waals surface area contributed by atoms with E-state index in [1.807, 2.05) is 6.92 Å². The van der Waals surface area contributed by atoms with Crippen LogP contribution in [0.2, 0.25) is 0 Å². The number of carbonyl (C=O) groups is 1. The molecule has 0 atom stereocenters. The Kier molecular flexibility index (Phi) is 5.26. The molecule has 144 valence electrons. The van der Waals surface area contributed by atoms with Gasteiger partial charge in [-0.3, -0.25) is 9.36 Å². The number of fused-ring (bicyclic) bond motifs is 1. The average molecular weight is 480 g/mol. The van der Waals surface area contributed by atoms with Crippen molar-refractivity contribution in [1.29, 1.82) is 0 Å². The molecule has 3 aromatic rings. The molecular formula is C15H13BrF2N3O4PS. The highest BCUT2D eigenvalue weighted by atomic mass is 79.9. The van der Waals surface area contributed by atoms with Crippen LogP contribution in [-0.2, 0) is 16.8 Å². The minimum Gasteiger partial charge on any atom is -0.320 e. The van der Waals surface area contributed by atoms with E-state index in [4.69, 9.17) is 9.79 Å². The SMILES string of the molecule is CCn1nccc1NC(=O)c1ccc2sc(C(F)(F)P(=O)(O)O)c(Br)c2c1. The zero-order valence-electron chi connectivity index (χ0n) is 13.7. The topological polar surface area (TPSA) is 104 Å². The number of hydrogen-bond donors (Lipinski definition) is 3. The monoisotopic (exact) mass is 479 g/mol. The van der Waals surface area contributed by atoms with Crippen molar-refractivity contribution in [3.63, 3.8) is 0 Å². The standard InChI is InChI=1S/C15H13BrF2N3O4PS/c1-2-21-11(5-6-19-21)20-14(22)8-3-4-10-9(7-8)12(16)13(27-10)15(17,18)26(23,24)25/h3-7H,2H2,1H3,(H,20,22)(H2,23,24,25). The molecule has 2 aromatic heterocycles. The molecule has 0 aliphatic heterocycles. The van der Waals surface area contributed by atoms with Crippen LogP contribution in [0.15, 0.2) is 34.9 Å². The second-order valence-corrected chi connectivity index (χ2v) is 9.02. The number of benzene rings is 1. The fourth-order valence-electron chi connectivity index (χ4n) is 2.41. The summed E-state index contributed by atoms with van der Waals surface area (Å²) >= 11 is 3.54. The van der Waals surface area contributed by atoms with Gasteiger partial charge in [0.05, 0.1) is 6.20 Å². The molecule has 3 N–H and O–H groups in total. The van der Waals surface area contributed by atoms with Crippen LogP contribution in [0.3, 0.4) is 0 Å². The van der Waals surface area contributed by atoms with Crippen molar-refractivity contribution < 1.29 is 27.9 Å². The number of alkyl halides is 2. The fourth-order valence-corrected chi connectivity index (χ4v) is 5.34. The Labute approximate surface area is 164 Å². The van der Waals surface area contributed by atoms with Crippen LogP contribution in [0.25, 0.3) is 10.1 Å². The lowest BCUT2D eigenvalue weighted by Gasteiger charge is -2.16. The quantitative estimate of drug-likeness (QED) is 0.471. The van der Waals surface area contributed by atoms with E-state index >= 15 is 0 Å². The average Bonchev–Trinajstić information content (AvgIpc) is 3.18. The van der Waals surface area contributed by atoms with Crippen molar-refractivity contribution >= 4 is 56.7 Å². The van der Waals surface area contributed by atoms with Gasteiger partial charge >= 0.3 is 13.3 Å². The number of nitrogens with one attached hydrogen (secondary N) is 1. The number of carbonyl (C=O) groups excluding carboxylic acids is 1. The first-order valence-corrected chi connectivity index (χ1v) is 10.8. The van der Waals surface area contributed by atoms with Gasteiger partial charge in [0.25, 0.3) is 5.91 Å². The Morgan fingerprint density at radius 2 is 2.11 bits per heavy atom. The lowest BCUT2D eigenvalue weighted by atomic mass is 10.1. The Balaban J connectivity index is 2.00. The zero-order valence-corrected chi connectivity index (χ0v) is 17.0. The van der Waals surface area contributed by atoms with Gasteiger partial charge in [-0.1, -0.05) is 0 Å². The highest BCUT2D eigenvalue weighted by Crippen LogP contribution is 2.62. The highest BCUT2D eigenvalue weighted by molar-refractivity contribution is 9.10. The molecule has 1 amide bonds. The van der Waals surface area contributed by atoms with Crippen LogP contribution in [-0.4, -0.2) is 25.5 Å². The summed E-state index contributed by atoms with van der Waals surface area (Å²) < 4.78 is 41.1. The third-order valence-electron chi connectivity index (χ3n) is 3.79. The number of thiophene rings is 1. The van der Waals surface area contributed by atoms with Crippen molar-refractivity contribution in [3.8, 4) is 0 Å². The summed E-state index contributed by atoms with van der Waals surface area (Å²) in [6.07, 6.45) is 1.54. The van der Waals surface area contributed by atoms with E-state index in [0.29, 0.717) is 28.4 Å². The highest BCUT2D eigenvalue weighted by Gasteiger charge is 2.53. The molecule has 0 radical (unpaired) electrons. The molecule has 0 fully saturated rings. The predicted octanol–water partition coefficient (Wildman–Crippen LogP) is 4.36. The molecule has 0 bridgehead atoms. The molecule has 0 saturated carbocycles. The van der Waals surface area contributed by atoms with Crippen LogP contribution < -0.4 is 5.32 Å². The van der Waals surface area contributed by atoms with E-state index in [1.165, 1.54) is 24.4 Å². The van der Waals surface area contributed by atoms with Gasteiger partial charge in [-0.25, -0.2) is 4.68 Å². The molecule has 0 aliphatic rings. The molecule has 0 spiro atoms. The summed E-state index contributed by atoms with van der Waals surface area (Å²) in [7, 11) is -5.69. The second kappa shape index (κ2) is 7.06. The molecule has 12 heteroatoms. The minimum absolute atomic E-state index is 0.149. The maximum absolute atomic E-state index is 14.1. The van der Waals surface area contributed by atoms with E-state index in [-0.39, 0.29) is 15.4 Å². The Hall–Kier alpha value is -1.65. The van der Waals surface area contributed by atoms with Gasteiger partial charge in [0.2, 0.25) is 0 Å². The number of amides is 1. The summed E-state index contributed by atoms with van der Waals surface area (Å²) in [6.45, 7) is 2.42. The van der Waals surface area contributed by atoms with E-state index < -0.39 is 24.0 Å². The van der Waals surface area contributed by atoms with Gasteiger partial charge in [-0.2, -0.15) is 13.9 Å². The molecule has 1 aromatic carbocycles. The van der Waals surface area contributed by atoms with Crippen LogP contribution >= 0.6 is 34.9 Å². The number of nitrogens with zero attached hydrogens (tertiary/aromatic N) is 2. The van der Waals surface area contributed by atoms with E-state index in [2.05, 4.69) is 26.3 Å². The van der Waals surface area contributed by atoms with Gasteiger partial charge in [0, 0.05) is 32.7 Å².